The molecule has 1 aliphatic heterocycles. The second-order valence-electron chi connectivity index (χ2n) is 8.75. The number of aromatic amines is 1. The molecule has 0 bridgehead atoms. The fourth-order valence-corrected chi connectivity index (χ4v) is 4.72. The molecular weight excluding hydrogens is 428 g/mol. The number of fused-ring (bicyclic) bond motifs is 2. The molecule has 34 heavy (non-hydrogen) atoms. The van der Waals surface area contributed by atoms with Gasteiger partial charge in [0.1, 0.15) is 5.65 Å². The van der Waals surface area contributed by atoms with Gasteiger partial charge in [0, 0.05) is 54.9 Å². The summed E-state index contributed by atoms with van der Waals surface area (Å²) in [5.74, 6) is 0. The second-order valence-corrected chi connectivity index (χ2v) is 8.75. The highest BCUT2D eigenvalue weighted by molar-refractivity contribution is 5.84. The Labute approximate surface area is 195 Å². The van der Waals surface area contributed by atoms with Crippen LogP contribution in [-0.4, -0.2) is 37.3 Å². The van der Waals surface area contributed by atoms with E-state index in [1.807, 2.05) is 54.7 Å². The number of rotatable bonds is 4. The lowest BCUT2D eigenvalue weighted by Crippen LogP contribution is -2.36. The molecule has 0 amide bonds. The molecule has 1 saturated heterocycles. The van der Waals surface area contributed by atoms with E-state index in [4.69, 9.17) is 9.72 Å². The first-order valence-electron chi connectivity index (χ1n) is 11.3. The Morgan fingerprint density at radius 2 is 1.82 bits per heavy atom. The first-order valence-corrected chi connectivity index (χ1v) is 11.3. The van der Waals surface area contributed by atoms with Crippen LogP contribution in [-0.2, 0) is 11.3 Å². The zero-order valence-electron chi connectivity index (χ0n) is 18.4. The monoisotopic (exact) mass is 450 g/mol. The van der Waals surface area contributed by atoms with Gasteiger partial charge >= 0.3 is 5.69 Å². The van der Waals surface area contributed by atoms with E-state index in [0.29, 0.717) is 43.8 Å². The zero-order chi connectivity index (χ0) is 23.1. The van der Waals surface area contributed by atoms with Crippen LogP contribution in [0.5, 0.6) is 0 Å². The number of hydrogen-bond donors (Lipinski definition) is 1. The Kier molecular flexibility index (Phi) is 4.78. The van der Waals surface area contributed by atoms with Crippen LogP contribution in [0.25, 0.3) is 39.0 Å². The topological polar surface area (TPSA) is 102 Å². The van der Waals surface area contributed by atoms with Crippen molar-refractivity contribution in [2.24, 2.45) is 5.41 Å². The number of pyridine rings is 2. The van der Waals surface area contributed by atoms with E-state index in [0.717, 1.165) is 27.8 Å². The van der Waals surface area contributed by atoms with Crippen molar-refractivity contribution < 1.29 is 4.74 Å². The van der Waals surface area contributed by atoms with Crippen molar-refractivity contribution >= 4 is 22.2 Å². The number of nitrogens with one attached hydrogen (secondary N) is 1. The van der Waals surface area contributed by atoms with Crippen LogP contribution in [0, 0.1) is 16.7 Å². The lowest BCUT2D eigenvalue weighted by Gasteiger charge is -2.30. The van der Waals surface area contributed by atoms with Crippen molar-refractivity contribution in [2.75, 3.05) is 13.2 Å². The molecule has 5 aromatic rings. The quantitative estimate of drug-likeness (QED) is 0.445. The van der Waals surface area contributed by atoms with E-state index < -0.39 is 5.41 Å². The number of nitriles is 1. The molecule has 0 spiro atoms. The van der Waals surface area contributed by atoms with Crippen molar-refractivity contribution in [1.82, 2.24) is 24.1 Å². The van der Waals surface area contributed by atoms with Crippen LogP contribution >= 0.6 is 0 Å². The molecule has 0 unspecified atom stereocenters. The molecule has 0 aliphatic carbocycles. The summed E-state index contributed by atoms with van der Waals surface area (Å²) in [7, 11) is 0. The molecule has 6 rings (SSSR count). The summed E-state index contributed by atoms with van der Waals surface area (Å²) in [5, 5.41) is 11.1. The average molecular weight is 451 g/mol. The maximum Gasteiger partial charge on any atom is 0.335 e. The molecule has 8 heteroatoms. The van der Waals surface area contributed by atoms with Crippen molar-refractivity contribution in [2.45, 2.75) is 19.4 Å². The van der Waals surface area contributed by atoms with Crippen molar-refractivity contribution in [1.29, 1.82) is 5.26 Å². The summed E-state index contributed by atoms with van der Waals surface area (Å²) in [6.45, 7) is 1.33. The van der Waals surface area contributed by atoms with E-state index >= 15 is 0 Å². The number of para-hydroxylation sites is 1. The number of ether oxygens (including phenoxy) is 1. The van der Waals surface area contributed by atoms with Crippen LogP contribution < -0.4 is 5.69 Å². The molecule has 1 fully saturated rings. The molecule has 1 N–H and O–H groups in total. The predicted octanol–water partition coefficient (Wildman–Crippen LogP) is 4.05. The number of imidazole rings is 1. The average Bonchev–Trinajstić information content (AvgIpc) is 3.47. The standard InChI is InChI=1S/C26H22N6O2/c27-16-26(7-10-34-11-8-26)17-31-22-13-20(19-12-18-6-9-28-23(18)29-14-19)15-30-24(22)32(25(31)33)21-4-2-1-3-5-21/h1-6,9,12-15H,7-8,10-11,17H2,(H,28,29). The molecule has 5 heterocycles. The van der Waals surface area contributed by atoms with Crippen LogP contribution in [0.1, 0.15) is 12.8 Å². The molecular formula is C26H22N6O2. The van der Waals surface area contributed by atoms with Gasteiger partial charge in [0.05, 0.1) is 22.7 Å². The van der Waals surface area contributed by atoms with Crippen LogP contribution in [0.15, 0.2) is 71.9 Å². The third-order valence-corrected chi connectivity index (χ3v) is 6.67. The predicted molar refractivity (Wildman–Crippen MR) is 129 cm³/mol. The number of hydrogen-bond acceptors (Lipinski definition) is 5. The van der Waals surface area contributed by atoms with Gasteiger partial charge in [-0.05, 0) is 43.2 Å². The van der Waals surface area contributed by atoms with Gasteiger partial charge in [-0.1, -0.05) is 18.2 Å². The summed E-state index contributed by atoms with van der Waals surface area (Å²) in [6, 6.07) is 18.0. The van der Waals surface area contributed by atoms with Gasteiger partial charge < -0.3 is 9.72 Å². The minimum Gasteiger partial charge on any atom is -0.381 e. The first-order chi connectivity index (χ1) is 16.7. The number of benzene rings is 1. The number of nitrogens with zero attached hydrogens (tertiary/aromatic N) is 5. The first kappa shape index (κ1) is 20.4. The molecule has 0 atom stereocenters. The molecule has 8 nitrogen and oxygen atoms in total. The van der Waals surface area contributed by atoms with Gasteiger partial charge in [-0.25, -0.2) is 19.3 Å². The van der Waals surface area contributed by atoms with Gasteiger partial charge in [0.2, 0.25) is 0 Å². The van der Waals surface area contributed by atoms with E-state index in [2.05, 4.69) is 16.0 Å². The maximum absolute atomic E-state index is 13.7. The third-order valence-electron chi connectivity index (χ3n) is 6.67. The van der Waals surface area contributed by atoms with Crippen molar-refractivity contribution in [3.8, 4) is 22.9 Å². The minimum absolute atomic E-state index is 0.203. The van der Waals surface area contributed by atoms with Crippen molar-refractivity contribution in [3.63, 3.8) is 0 Å². The lowest BCUT2D eigenvalue weighted by atomic mass is 9.81. The van der Waals surface area contributed by atoms with Crippen LogP contribution in [0.3, 0.4) is 0 Å². The Morgan fingerprint density at radius 1 is 1.06 bits per heavy atom. The molecule has 1 aliphatic rings. The zero-order valence-corrected chi connectivity index (χ0v) is 18.4. The summed E-state index contributed by atoms with van der Waals surface area (Å²) in [4.78, 5) is 26.1. The van der Waals surface area contributed by atoms with Crippen LogP contribution in [0.2, 0.25) is 0 Å². The molecule has 4 aromatic heterocycles. The summed E-state index contributed by atoms with van der Waals surface area (Å²) in [6.07, 6.45) is 6.61. The van der Waals surface area contributed by atoms with Crippen molar-refractivity contribution in [3.05, 3.63) is 77.6 Å². The minimum atomic E-state index is -0.653. The number of aromatic nitrogens is 5. The van der Waals surface area contributed by atoms with Gasteiger partial charge in [0.15, 0.2) is 5.65 Å². The van der Waals surface area contributed by atoms with Gasteiger partial charge in [-0.3, -0.25) is 4.57 Å². The Bertz CT molecular complexity index is 1600. The van der Waals surface area contributed by atoms with Crippen LogP contribution in [0.4, 0.5) is 0 Å². The summed E-state index contributed by atoms with van der Waals surface area (Å²) < 4.78 is 8.82. The summed E-state index contributed by atoms with van der Waals surface area (Å²) >= 11 is 0. The Hall–Kier alpha value is -4.22. The molecule has 1 aromatic carbocycles. The van der Waals surface area contributed by atoms with E-state index in [1.165, 1.54) is 0 Å². The third kappa shape index (κ3) is 3.29. The normalized spacial score (nSPS) is 15.5. The smallest absolute Gasteiger partial charge is 0.335 e. The molecule has 0 radical (unpaired) electrons. The number of H-pyrrole nitrogens is 1. The Morgan fingerprint density at radius 3 is 2.62 bits per heavy atom. The second kappa shape index (κ2) is 7.97. The largest absolute Gasteiger partial charge is 0.381 e. The highest BCUT2D eigenvalue weighted by Gasteiger charge is 2.35. The fourth-order valence-electron chi connectivity index (χ4n) is 4.72. The maximum atomic E-state index is 13.7. The molecule has 0 saturated carbocycles. The summed E-state index contributed by atoms with van der Waals surface area (Å²) in [5.41, 5.74) is 3.74. The lowest BCUT2D eigenvalue weighted by molar-refractivity contribution is 0.0333. The SMILES string of the molecule is N#CC1(Cn2c(=O)n(-c3ccccc3)c3ncc(-c4cnc5[nH]ccc5c4)cc32)CCOCC1. The van der Waals surface area contributed by atoms with Gasteiger partial charge in [-0.15, -0.1) is 0 Å². The Balaban J connectivity index is 1.56. The molecule has 168 valence electrons. The fraction of sp³-hybridized carbons (Fsp3) is 0.231. The van der Waals surface area contributed by atoms with E-state index in [1.54, 1.807) is 21.5 Å². The van der Waals surface area contributed by atoms with Gasteiger partial charge in [0.25, 0.3) is 0 Å². The van der Waals surface area contributed by atoms with E-state index in [9.17, 15) is 10.1 Å². The van der Waals surface area contributed by atoms with E-state index in [-0.39, 0.29) is 5.69 Å². The van der Waals surface area contributed by atoms with Gasteiger partial charge in [-0.2, -0.15) is 5.26 Å². The highest BCUT2D eigenvalue weighted by atomic mass is 16.5. The highest BCUT2D eigenvalue weighted by Crippen LogP contribution is 2.33.